The first-order chi connectivity index (χ1) is 10.3. The number of thiophene rings is 1. The monoisotopic (exact) mass is 302 g/mol. The van der Waals surface area contributed by atoms with Crippen molar-refractivity contribution in [1.29, 1.82) is 0 Å². The Hall–Kier alpha value is -1.61. The molecule has 0 bridgehead atoms. The highest BCUT2D eigenvalue weighted by Crippen LogP contribution is 2.15. The normalized spacial score (nSPS) is 10.5. The van der Waals surface area contributed by atoms with Crippen LogP contribution in [0.4, 0.5) is 0 Å². The number of aryl methyl sites for hydroxylation is 1. The molecule has 0 amide bonds. The molecule has 0 atom stereocenters. The van der Waals surface area contributed by atoms with Crippen molar-refractivity contribution in [1.82, 2.24) is 0 Å². The van der Waals surface area contributed by atoms with Gasteiger partial charge in [0.15, 0.2) is 5.78 Å². The van der Waals surface area contributed by atoms with Gasteiger partial charge in [-0.3, -0.25) is 4.79 Å². The van der Waals surface area contributed by atoms with E-state index in [0.29, 0.717) is 13.0 Å². The number of carbonyl (C=O) groups excluding carboxylic acids is 1. The number of Topliss-reactive ketones (excluding diaryl/α,β-unsaturated/α-hetero) is 1. The van der Waals surface area contributed by atoms with Crippen LogP contribution in [0.25, 0.3) is 0 Å². The number of carbonyl (C=O) groups is 1. The highest BCUT2D eigenvalue weighted by Gasteiger charge is 2.06. The van der Waals surface area contributed by atoms with Crippen LogP contribution in [0.1, 0.15) is 47.8 Å². The van der Waals surface area contributed by atoms with Crippen LogP contribution in [0.5, 0.6) is 5.75 Å². The quantitative estimate of drug-likeness (QED) is 0.474. The van der Waals surface area contributed by atoms with Crippen molar-refractivity contribution in [2.24, 2.45) is 0 Å². The van der Waals surface area contributed by atoms with Gasteiger partial charge in [0.05, 0.1) is 11.5 Å². The maximum absolute atomic E-state index is 11.8. The lowest BCUT2D eigenvalue weighted by atomic mass is 10.1. The molecule has 112 valence electrons. The number of hydrogen-bond acceptors (Lipinski definition) is 3. The standard InChI is InChI=1S/C18H22O2S/c1-2-3-6-15-9-11-16(12-10-15)20-13-4-7-17(19)18-8-5-14-21-18/h5,8-12,14H,2-4,6-7,13H2,1H3. The minimum Gasteiger partial charge on any atom is -0.494 e. The van der Waals surface area contributed by atoms with Crippen molar-refractivity contribution in [3.8, 4) is 5.75 Å². The molecule has 0 fully saturated rings. The molecule has 1 heterocycles. The lowest BCUT2D eigenvalue weighted by Crippen LogP contribution is -2.02. The number of benzene rings is 1. The molecule has 0 aliphatic carbocycles. The highest BCUT2D eigenvalue weighted by molar-refractivity contribution is 7.12. The molecule has 1 aromatic heterocycles. The molecular formula is C18H22O2S. The summed E-state index contributed by atoms with van der Waals surface area (Å²) in [7, 11) is 0. The second-order valence-corrected chi connectivity index (χ2v) is 6.05. The second-order valence-electron chi connectivity index (χ2n) is 5.10. The van der Waals surface area contributed by atoms with E-state index in [1.54, 1.807) is 0 Å². The van der Waals surface area contributed by atoms with Gasteiger partial charge < -0.3 is 4.74 Å². The van der Waals surface area contributed by atoms with E-state index >= 15 is 0 Å². The first-order valence-corrected chi connectivity index (χ1v) is 8.46. The minimum absolute atomic E-state index is 0.212. The summed E-state index contributed by atoms with van der Waals surface area (Å²) >= 11 is 1.50. The van der Waals surface area contributed by atoms with Crippen molar-refractivity contribution in [3.05, 3.63) is 52.2 Å². The average molecular weight is 302 g/mol. The van der Waals surface area contributed by atoms with E-state index in [-0.39, 0.29) is 5.78 Å². The molecule has 21 heavy (non-hydrogen) atoms. The number of ether oxygens (including phenoxy) is 1. The Morgan fingerprint density at radius 1 is 1.14 bits per heavy atom. The van der Waals surface area contributed by atoms with Gasteiger partial charge in [0.1, 0.15) is 5.75 Å². The van der Waals surface area contributed by atoms with Gasteiger partial charge in [-0.2, -0.15) is 0 Å². The molecule has 0 aliphatic heterocycles. The fourth-order valence-electron chi connectivity index (χ4n) is 2.12. The van der Waals surface area contributed by atoms with Gasteiger partial charge in [0.2, 0.25) is 0 Å². The number of ketones is 1. The van der Waals surface area contributed by atoms with Crippen molar-refractivity contribution in [3.63, 3.8) is 0 Å². The van der Waals surface area contributed by atoms with Gasteiger partial charge in [0.25, 0.3) is 0 Å². The van der Waals surface area contributed by atoms with Crippen molar-refractivity contribution in [2.75, 3.05) is 6.61 Å². The molecule has 0 saturated heterocycles. The lowest BCUT2D eigenvalue weighted by Gasteiger charge is -2.07. The number of hydrogen-bond donors (Lipinski definition) is 0. The summed E-state index contributed by atoms with van der Waals surface area (Å²) in [6.07, 6.45) is 4.89. The van der Waals surface area contributed by atoms with E-state index in [9.17, 15) is 4.79 Å². The van der Waals surface area contributed by atoms with E-state index in [1.807, 2.05) is 29.6 Å². The van der Waals surface area contributed by atoms with Crippen LogP contribution in [0.3, 0.4) is 0 Å². The molecular weight excluding hydrogens is 280 g/mol. The summed E-state index contributed by atoms with van der Waals surface area (Å²) in [4.78, 5) is 12.7. The van der Waals surface area contributed by atoms with Gasteiger partial charge in [-0.15, -0.1) is 11.3 Å². The summed E-state index contributed by atoms with van der Waals surface area (Å²) in [5.74, 6) is 1.10. The zero-order valence-corrected chi connectivity index (χ0v) is 13.3. The molecule has 0 spiro atoms. The van der Waals surface area contributed by atoms with Crippen molar-refractivity contribution < 1.29 is 9.53 Å². The van der Waals surface area contributed by atoms with Gasteiger partial charge in [0, 0.05) is 6.42 Å². The Bertz CT molecular complexity index is 529. The molecule has 1 aromatic carbocycles. The van der Waals surface area contributed by atoms with Crippen molar-refractivity contribution >= 4 is 17.1 Å². The summed E-state index contributed by atoms with van der Waals surface area (Å²) in [5.41, 5.74) is 1.36. The fraction of sp³-hybridized carbons (Fsp3) is 0.389. The molecule has 2 nitrogen and oxygen atoms in total. The van der Waals surface area contributed by atoms with Crippen LogP contribution < -0.4 is 4.74 Å². The first-order valence-electron chi connectivity index (χ1n) is 7.58. The predicted molar refractivity (Wildman–Crippen MR) is 88.4 cm³/mol. The Kier molecular flexibility index (Phi) is 6.48. The van der Waals surface area contributed by atoms with E-state index in [2.05, 4.69) is 19.1 Å². The fourth-order valence-corrected chi connectivity index (χ4v) is 2.81. The molecule has 0 saturated carbocycles. The Balaban J connectivity index is 1.67. The number of rotatable bonds is 9. The highest BCUT2D eigenvalue weighted by atomic mass is 32.1. The van der Waals surface area contributed by atoms with Crippen LogP contribution in [-0.4, -0.2) is 12.4 Å². The first kappa shape index (κ1) is 15.8. The van der Waals surface area contributed by atoms with Crippen molar-refractivity contribution in [2.45, 2.75) is 39.0 Å². The third kappa shape index (κ3) is 5.35. The molecule has 0 aliphatic rings. The molecule has 0 radical (unpaired) electrons. The van der Waals surface area contributed by atoms with Crippen LogP contribution in [0.2, 0.25) is 0 Å². The zero-order valence-electron chi connectivity index (χ0n) is 12.5. The van der Waals surface area contributed by atoms with Crippen LogP contribution >= 0.6 is 11.3 Å². The summed E-state index contributed by atoms with van der Waals surface area (Å²) in [5, 5.41) is 1.93. The van der Waals surface area contributed by atoms with Crippen LogP contribution in [-0.2, 0) is 6.42 Å². The number of unbranched alkanes of at least 4 members (excludes halogenated alkanes) is 1. The molecule has 0 unspecified atom stereocenters. The Labute approximate surface area is 130 Å². The second kappa shape index (κ2) is 8.63. The summed E-state index contributed by atoms with van der Waals surface area (Å²) in [6.45, 7) is 2.79. The van der Waals surface area contributed by atoms with Gasteiger partial charge in [-0.25, -0.2) is 0 Å². The minimum atomic E-state index is 0.212. The maximum Gasteiger partial charge on any atom is 0.172 e. The Morgan fingerprint density at radius 2 is 1.95 bits per heavy atom. The SMILES string of the molecule is CCCCc1ccc(OCCCC(=O)c2cccs2)cc1. The van der Waals surface area contributed by atoms with Crippen LogP contribution in [0.15, 0.2) is 41.8 Å². The van der Waals surface area contributed by atoms with Gasteiger partial charge >= 0.3 is 0 Å². The smallest absolute Gasteiger partial charge is 0.172 e. The topological polar surface area (TPSA) is 26.3 Å². The van der Waals surface area contributed by atoms with E-state index in [0.717, 1.165) is 23.5 Å². The molecule has 2 aromatic rings. The lowest BCUT2D eigenvalue weighted by molar-refractivity contribution is 0.0977. The molecule has 2 rings (SSSR count). The van der Waals surface area contributed by atoms with E-state index in [4.69, 9.17) is 4.74 Å². The third-order valence-corrected chi connectivity index (χ3v) is 4.27. The average Bonchev–Trinajstić information content (AvgIpc) is 3.05. The summed E-state index contributed by atoms with van der Waals surface area (Å²) in [6, 6.07) is 12.1. The van der Waals surface area contributed by atoms with E-state index in [1.165, 1.54) is 29.7 Å². The van der Waals surface area contributed by atoms with Crippen LogP contribution in [0, 0.1) is 0 Å². The van der Waals surface area contributed by atoms with E-state index < -0.39 is 0 Å². The maximum atomic E-state index is 11.8. The predicted octanol–water partition coefficient (Wildman–Crippen LogP) is 5.13. The zero-order chi connectivity index (χ0) is 14.9. The Morgan fingerprint density at radius 3 is 2.62 bits per heavy atom. The third-order valence-electron chi connectivity index (χ3n) is 3.36. The largest absolute Gasteiger partial charge is 0.494 e. The molecule has 0 N–H and O–H groups in total. The van der Waals surface area contributed by atoms with Gasteiger partial charge in [-0.05, 0) is 48.4 Å². The van der Waals surface area contributed by atoms with Gasteiger partial charge in [-0.1, -0.05) is 31.5 Å². The summed E-state index contributed by atoms with van der Waals surface area (Å²) < 4.78 is 5.68. The molecule has 3 heteroatoms.